The summed E-state index contributed by atoms with van der Waals surface area (Å²) in [5.74, 6) is 0.0336. The number of rotatable bonds is 6. The minimum atomic E-state index is -0.344. The minimum absolute atomic E-state index is 0.0336. The third kappa shape index (κ3) is 4.51. The molecule has 1 aromatic rings. The third-order valence-corrected chi connectivity index (χ3v) is 4.00. The van der Waals surface area contributed by atoms with E-state index in [4.69, 9.17) is 0 Å². The Kier molecular flexibility index (Phi) is 5.85. The smallest absolute Gasteiger partial charge is 0.273 e. The Labute approximate surface area is 129 Å². The first-order chi connectivity index (χ1) is 10.6. The molecule has 1 aromatic carbocycles. The van der Waals surface area contributed by atoms with E-state index in [1.54, 1.807) is 19.2 Å². The Balaban J connectivity index is 1.80. The second kappa shape index (κ2) is 7.86. The third-order valence-electron chi connectivity index (χ3n) is 4.00. The second-order valence-electron chi connectivity index (χ2n) is 5.49. The molecule has 0 saturated carbocycles. The van der Waals surface area contributed by atoms with Gasteiger partial charge in [-0.15, -0.1) is 0 Å². The van der Waals surface area contributed by atoms with Crippen LogP contribution in [0.4, 0.5) is 5.69 Å². The minimum Gasteiger partial charge on any atom is -0.358 e. The molecule has 1 aliphatic rings. The number of likely N-dealkylation sites (tertiary alicyclic amines) is 1. The van der Waals surface area contributed by atoms with E-state index in [0.717, 1.165) is 25.9 Å². The largest absolute Gasteiger partial charge is 0.358 e. The number of benzene rings is 1. The van der Waals surface area contributed by atoms with E-state index >= 15 is 0 Å². The van der Waals surface area contributed by atoms with Gasteiger partial charge in [0.1, 0.15) is 0 Å². The first-order valence-electron chi connectivity index (χ1n) is 7.48. The molecule has 120 valence electrons. The van der Waals surface area contributed by atoms with Gasteiger partial charge in [-0.3, -0.25) is 19.8 Å². The summed E-state index contributed by atoms with van der Waals surface area (Å²) in [5, 5.41) is 17.0. The number of hydrogen-bond acceptors (Lipinski definition) is 5. The van der Waals surface area contributed by atoms with Gasteiger partial charge < -0.3 is 10.6 Å². The Morgan fingerprint density at radius 3 is 2.68 bits per heavy atom. The van der Waals surface area contributed by atoms with Crippen molar-refractivity contribution in [2.24, 2.45) is 0 Å². The zero-order valence-electron chi connectivity index (χ0n) is 12.7. The molecule has 22 heavy (non-hydrogen) atoms. The monoisotopic (exact) mass is 306 g/mol. The number of nitro groups is 1. The predicted octanol–water partition coefficient (Wildman–Crippen LogP) is 0.895. The summed E-state index contributed by atoms with van der Waals surface area (Å²) in [6.45, 7) is 2.66. The van der Waals surface area contributed by atoms with Crippen molar-refractivity contribution in [3.63, 3.8) is 0 Å². The van der Waals surface area contributed by atoms with Gasteiger partial charge in [-0.1, -0.05) is 18.2 Å². The number of nitrogens with one attached hydrogen (secondary N) is 2. The maximum Gasteiger partial charge on any atom is 0.273 e. The standard InChI is InChI=1S/C15H22N4O3/c1-16-15(20)11-18-8-6-13(7-9-18)17-10-12-4-2-3-5-14(12)19(21)22/h2-5,13,17H,6-11H2,1H3,(H,16,20). The number of carbonyl (C=O) groups is 1. The Morgan fingerprint density at radius 2 is 2.05 bits per heavy atom. The predicted molar refractivity (Wildman–Crippen MR) is 83.5 cm³/mol. The average molecular weight is 306 g/mol. The van der Waals surface area contributed by atoms with Gasteiger partial charge in [-0.05, 0) is 12.8 Å². The lowest BCUT2D eigenvalue weighted by Gasteiger charge is -2.31. The zero-order chi connectivity index (χ0) is 15.9. The average Bonchev–Trinajstić information content (AvgIpc) is 2.54. The number of piperidine rings is 1. The van der Waals surface area contributed by atoms with Crippen LogP contribution in [0.25, 0.3) is 0 Å². The van der Waals surface area contributed by atoms with Gasteiger partial charge in [-0.25, -0.2) is 0 Å². The summed E-state index contributed by atoms with van der Waals surface area (Å²) >= 11 is 0. The van der Waals surface area contributed by atoms with Crippen molar-refractivity contribution >= 4 is 11.6 Å². The molecule has 0 bridgehead atoms. The van der Waals surface area contributed by atoms with Gasteiger partial charge in [0.2, 0.25) is 5.91 Å². The van der Waals surface area contributed by atoms with Gasteiger partial charge in [0.05, 0.1) is 11.5 Å². The maximum absolute atomic E-state index is 11.3. The molecule has 0 aliphatic carbocycles. The van der Waals surface area contributed by atoms with Crippen LogP contribution in [0.2, 0.25) is 0 Å². The molecule has 1 heterocycles. The Hall–Kier alpha value is -1.99. The number of hydrogen-bond donors (Lipinski definition) is 2. The normalized spacial score (nSPS) is 16.4. The van der Waals surface area contributed by atoms with E-state index in [1.165, 1.54) is 6.07 Å². The molecule has 2 rings (SSSR count). The molecule has 1 saturated heterocycles. The van der Waals surface area contributed by atoms with Crippen LogP contribution in [0, 0.1) is 10.1 Å². The van der Waals surface area contributed by atoms with E-state index in [-0.39, 0.29) is 16.5 Å². The van der Waals surface area contributed by atoms with Crippen molar-refractivity contribution in [3.05, 3.63) is 39.9 Å². The number of carbonyl (C=O) groups excluding carboxylic acids is 1. The number of likely N-dealkylation sites (N-methyl/N-ethyl adjacent to an activating group) is 1. The van der Waals surface area contributed by atoms with Gasteiger partial charge in [-0.2, -0.15) is 0 Å². The fourth-order valence-electron chi connectivity index (χ4n) is 2.67. The quantitative estimate of drug-likeness (QED) is 0.602. The van der Waals surface area contributed by atoms with Crippen molar-refractivity contribution in [2.45, 2.75) is 25.4 Å². The summed E-state index contributed by atoms with van der Waals surface area (Å²) in [4.78, 5) is 24.1. The number of para-hydroxylation sites is 1. The molecule has 1 fully saturated rings. The summed E-state index contributed by atoms with van der Waals surface area (Å²) in [7, 11) is 1.64. The van der Waals surface area contributed by atoms with Crippen molar-refractivity contribution in [2.75, 3.05) is 26.7 Å². The van der Waals surface area contributed by atoms with Crippen molar-refractivity contribution < 1.29 is 9.72 Å². The lowest BCUT2D eigenvalue weighted by atomic mass is 10.0. The molecule has 0 atom stereocenters. The molecule has 2 N–H and O–H groups in total. The number of amides is 1. The van der Waals surface area contributed by atoms with Crippen LogP contribution >= 0.6 is 0 Å². The number of nitro benzene ring substituents is 1. The first kappa shape index (κ1) is 16.4. The summed E-state index contributed by atoms with van der Waals surface area (Å²) in [6.07, 6.45) is 1.88. The number of nitrogens with zero attached hydrogens (tertiary/aromatic N) is 2. The summed E-state index contributed by atoms with van der Waals surface area (Å²) < 4.78 is 0. The molecule has 1 aliphatic heterocycles. The summed E-state index contributed by atoms with van der Waals surface area (Å²) in [6, 6.07) is 7.14. The van der Waals surface area contributed by atoms with E-state index in [0.29, 0.717) is 24.7 Å². The van der Waals surface area contributed by atoms with Gasteiger partial charge in [0, 0.05) is 44.4 Å². The molecule has 0 aromatic heterocycles. The molecular weight excluding hydrogens is 284 g/mol. The van der Waals surface area contributed by atoms with E-state index in [2.05, 4.69) is 15.5 Å². The van der Waals surface area contributed by atoms with Crippen LogP contribution in [0.3, 0.4) is 0 Å². The Bertz CT molecular complexity index is 527. The lowest BCUT2D eigenvalue weighted by molar-refractivity contribution is -0.385. The first-order valence-corrected chi connectivity index (χ1v) is 7.48. The highest BCUT2D eigenvalue weighted by molar-refractivity contribution is 5.77. The molecule has 7 heteroatoms. The van der Waals surface area contributed by atoms with Crippen LogP contribution in [0.1, 0.15) is 18.4 Å². The maximum atomic E-state index is 11.3. The van der Waals surface area contributed by atoms with Crippen LogP contribution in [0.5, 0.6) is 0 Å². The van der Waals surface area contributed by atoms with Crippen LogP contribution in [0.15, 0.2) is 24.3 Å². The van der Waals surface area contributed by atoms with Crippen LogP contribution in [-0.4, -0.2) is 48.5 Å². The molecule has 0 spiro atoms. The lowest BCUT2D eigenvalue weighted by Crippen LogP contribution is -2.45. The van der Waals surface area contributed by atoms with Gasteiger partial charge in [0.25, 0.3) is 5.69 Å². The van der Waals surface area contributed by atoms with Crippen molar-refractivity contribution in [1.82, 2.24) is 15.5 Å². The fraction of sp³-hybridized carbons (Fsp3) is 0.533. The molecule has 7 nitrogen and oxygen atoms in total. The highest BCUT2D eigenvalue weighted by atomic mass is 16.6. The van der Waals surface area contributed by atoms with Gasteiger partial charge in [0.15, 0.2) is 0 Å². The van der Waals surface area contributed by atoms with Gasteiger partial charge >= 0.3 is 0 Å². The SMILES string of the molecule is CNC(=O)CN1CCC(NCc2ccccc2[N+](=O)[O-])CC1. The second-order valence-corrected chi connectivity index (χ2v) is 5.49. The van der Waals surface area contributed by atoms with E-state index < -0.39 is 0 Å². The van der Waals surface area contributed by atoms with Crippen molar-refractivity contribution in [3.8, 4) is 0 Å². The van der Waals surface area contributed by atoms with Crippen molar-refractivity contribution in [1.29, 1.82) is 0 Å². The highest BCUT2D eigenvalue weighted by Gasteiger charge is 2.21. The topological polar surface area (TPSA) is 87.5 Å². The van der Waals surface area contributed by atoms with E-state index in [9.17, 15) is 14.9 Å². The fourth-order valence-corrected chi connectivity index (χ4v) is 2.67. The van der Waals surface area contributed by atoms with Crippen LogP contribution < -0.4 is 10.6 Å². The molecular formula is C15H22N4O3. The molecule has 1 amide bonds. The summed E-state index contributed by atoms with van der Waals surface area (Å²) in [5.41, 5.74) is 0.868. The Morgan fingerprint density at radius 1 is 1.36 bits per heavy atom. The van der Waals surface area contributed by atoms with E-state index in [1.807, 2.05) is 6.07 Å². The zero-order valence-corrected chi connectivity index (χ0v) is 12.7. The highest BCUT2D eigenvalue weighted by Crippen LogP contribution is 2.18. The van der Waals surface area contributed by atoms with Crippen LogP contribution in [-0.2, 0) is 11.3 Å². The molecule has 0 radical (unpaired) electrons. The molecule has 0 unspecified atom stereocenters.